The Bertz CT molecular complexity index is 829. The SMILES string of the molecule is CN(C)c1nc(CNC(=O)Cn2ncccc2=O)nc(N2CCCC2)n1. The van der Waals surface area contributed by atoms with Crippen LogP contribution in [0.15, 0.2) is 23.1 Å². The second-order valence-corrected chi connectivity index (χ2v) is 6.24. The normalized spacial score (nSPS) is 13.7. The number of anilines is 2. The minimum Gasteiger partial charge on any atom is -0.347 e. The Hall–Kier alpha value is -3.04. The molecule has 1 saturated heterocycles. The van der Waals surface area contributed by atoms with E-state index in [2.05, 4.69) is 30.3 Å². The van der Waals surface area contributed by atoms with E-state index in [9.17, 15) is 9.59 Å². The number of hydrogen-bond acceptors (Lipinski definition) is 8. The molecule has 1 aliphatic heterocycles. The Morgan fingerprint density at radius 1 is 1.23 bits per heavy atom. The fraction of sp³-hybridized carbons (Fsp3) is 0.500. The van der Waals surface area contributed by atoms with Gasteiger partial charge in [0.1, 0.15) is 6.54 Å². The third kappa shape index (κ3) is 4.32. The number of carbonyl (C=O) groups is 1. The van der Waals surface area contributed by atoms with Gasteiger partial charge in [-0.2, -0.15) is 20.1 Å². The van der Waals surface area contributed by atoms with Gasteiger partial charge in [-0.25, -0.2) is 4.68 Å². The summed E-state index contributed by atoms with van der Waals surface area (Å²) in [6.07, 6.45) is 3.70. The Balaban J connectivity index is 1.69. The van der Waals surface area contributed by atoms with Gasteiger partial charge in [-0.1, -0.05) is 0 Å². The molecular formula is C16H22N8O2. The molecule has 26 heavy (non-hydrogen) atoms. The number of carbonyl (C=O) groups excluding carboxylic acids is 1. The predicted octanol–water partition coefficient (Wildman–Crippen LogP) is -0.589. The minimum atomic E-state index is -0.333. The quantitative estimate of drug-likeness (QED) is 0.730. The van der Waals surface area contributed by atoms with Crippen LogP contribution in [0.4, 0.5) is 11.9 Å². The number of aromatic nitrogens is 5. The van der Waals surface area contributed by atoms with Crippen LogP contribution in [-0.2, 0) is 17.9 Å². The van der Waals surface area contributed by atoms with Crippen LogP contribution in [0, 0.1) is 0 Å². The molecule has 3 rings (SSSR count). The molecular weight excluding hydrogens is 336 g/mol. The minimum absolute atomic E-state index is 0.149. The van der Waals surface area contributed by atoms with E-state index in [-0.39, 0.29) is 24.6 Å². The van der Waals surface area contributed by atoms with Gasteiger partial charge in [0.25, 0.3) is 5.56 Å². The van der Waals surface area contributed by atoms with E-state index in [0.29, 0.717) is 17.7 Å². The van der Waals surface area contributed by atoms with Gasteiger partial charge < -0.3 is 15.1 Å². The highest BCUT2D eigenvalue weighted by molar-refractivity contribution is 5.75. The van der Waals surface area contributed by atoms with E-state index < -0.39 is 0 Å². The molecule has 3 heterocycles. The summed E-state index contributed by atoms with van der Waals surface area (Å²) in [5.74, 6) is 1.33. The monoisotopic (exact) mass is 358 g/mol. The fourth-order valence-electron chi connectivity index (χ4n) is 2.61. The zero-order valence-corrected chi connectivity index (χ0v) is 14.9. The zero-order chi connectivity index (χ0) is 18.5. The van der Waals surface area contributed by atoms with E-state index in [1.54, 1.807) is 4.90 Å². The summed E-state index contributed by atoms with van der Waals surface area (Å²) in [5.41, 5.74) is -0.325. The number of nitrogens with one attached hydrogen (secondary N) is 1. The van der Waals surface area contributed by atoms with Gasteiger partial charge in [0.05, 0.1) is 6.54 Å². The molecule has 0 saturated carbocycles. The van der Waals surface area contributed by atoms with Crippen LogP contribution in [0.3, 0.4) is 0 Å². The van der Waals surface area contributed by atoms with Crippen molar-refractivity contribution >= 4 is 17.8 Å². The third-order valence-corrected chi connectivity index (χ3v) is 3.97. The molecule has 0 bridgehead atoms. The van der Waals surface area contributed by atoms with Crippen molar-refractivity contribution in [2.45, 2.75) is 25.9 Å². The molecule has 1 aliphatic rings. The Labute approximate surface area is 150 Å². The van der Waals surface area contributed by atoms with Crippen molar-refractivity contribution in [3.05, 3.63) is 34.5 Å². The van der Waals surface area contributed by atoms with Crippen LogP contribution in [0.2, 0.25) is 0 Å². The first-order valence-electron chi connectivity index (χ1n) is 8.49. The van der Waals surface area contributed by atoms with E-state index in [1.165, 1.54) is 18.3 Å². The van der Waals surface area contributed by atoms with Crippen LogP contribution in [0.1, 0.15) is 18.7 Å². The van der Waals surface area contributed by atoms with Crippen LogP contribution in [0.5, 0.6) is 0 Å². The Morgan fingerprint density at radius 3 is 2.69 bits per heavy atom. The molecule has 0 aliphatic carbocycles. The Kier molecular flexibility index (Phi) is 5.40. The summed E-state index contributed by atoms with van der Waals surface area (Å²) in [6.45, 7) is 1.85. The molecule has 0 atom stereocenters. The number of nitrogens with zero attached hydrogens (tertiary/aromatic N) is 7. The van der Waals surface area contributed by atoms with Crippen molar-refractivity contribution in [1.82, 2.24) is 30.0 Å². The van der Waals surface area contributed by atoms with Crippen molar-refractivity contribution in [3.8, 4) is 0 Å². The lowest BCUT2D eigenvalue weighted by Crippen LogP contribution is -2.33. The van der Waals surface area contributed by atoms with Crippen LogP contribution >= 0.6 is 0 Å². The second kappa shape index (κ2) is 7.89. The Morgan fingerprint density at radius 2 is 2.00 bits per heavy atom. The molecule has 10 nitrogen and oxygen atoms in total. The van der Waals surface area contributed by atoms with E-state index in [1.807, 2.05) is 14.1 Å². The summed E-state index contributed by atoms with van der Waals surface area (Å²) >= 11 is 0. The smallest absolute Gasteiger partial charge is 0.267 e. The topological polar surface area (TPSA) is 109 Å². The van der Waals surface area contributed by atoms with Crippen molar-refractivity contribution in [3.63, 3.8) is 0 Å². The van der Waals surface area contributed by atoms with E-state index in [0.717, 1.165) is 30.6 Å². The number of rotatable bonds is 6. The van der Waals surface area contributed by atoms with Crippen LogP contribution in [-0.4, -0.2) is 57.8 Å². The molecule has 10 heteroatoms. The molecule has 1 fully saturated rings. The molecule has 0 radical (unpaired) electrons. The van der Waals surface area contributed by atoms with Crippen LogP contribution < -0.4 is 20.7 Å². The first kappa shape index (κ1) is 17.8. The van der Waals surface area contributed by atoms with Gasteiger partial charge in [-0.05, 0) is 18.9 Å². The maximum Gasteiger partial charge on any atom is 0.267 e. The van der Waals surface area contributed by atoms with Gasteiger partial charge in [0.15, 0.2) is 5.82 Å². The van der Waals surface area contributed by atoms with E-state index in [4.69, 9.17) is 0 Å². The zero-order valence-electron chi connectivity index (χ0n) is 14.9. The second-order valence-electron chi connectivity index (χ2n) is 6.24. The number of amides is 1. The summed E-state index contributed by atoms with van der Waals surface area (Å²) in [7, 11) is 3.72. The van der Waals surface area contributed by atoms with E-state index >= 15 is 0 Å². The van der Waals surface area contributed by atoms with Crippen LogP contribution in [0.25, 0.3) is 0 Å². The van der Waals surface area contributed by atoms with Crippen molar-refractivity contribution in [2.75, 3.05) is 37.0 Å². The molecule has 138 valence electrons. The first-order chi connectivity index (χ1) is 12.5. The number of hydrogen-bond donors (Lipinski definition) is 1. The maximum absolute atomic E-state index is 12.1. The fourth-order valence-corrected chi connectivity index (χ4v) is 2.61. The average molecular weight is 358 g/mol. The van der Waals surface area contributed by atoms with Gasteiger partial charge in [-0.3, -0.25) is 9.59 Å². The largest absolute Gasteiger partial charge is 0.347 e. The highest BCUT2D eigenvalue weighted by Gasteiger charge is 2.18. The van der Waals surface area contributed by atoms with Gasteiger partial charge in [0, 0.05) is 39.4 Å². The standard InChI is InChI=1S/C16H22N8O2/c1-22(2)15-19-12(20-16(21-15)23-8-3-4-9-23)10-17-13(25)11-24-14(26)6-5-7-18-24/h5-7H,3-4,8-11H2,1-2H3,(H,17,25). The molecule has 2 aromatic rings. The van der Waals surface area contributed by atoms with Crippen molar-refractivity contribution in [2.24, 2.45) is 0 Å². The summed E-state index contributed by atoms with van der Waals surface area (Å²) in [6, 6.07) is 2.89. The summed E-state index contributed by atoms with van der Waals surface area (Å²) in [5, 5.41) is 6.60. The average Bonchev–Trinajstić information content (AvgIpc) is 3.16. The lowest BCUT2D eigenvalue weighted by Gasteiger charge is -2.18. The molecule has 0 unspecified atom stereocenters. The lowest BCUT2D eigenvalue weighted by atomic mass is 10.4. The summed E-state index contributed by atoms with van der Waals surface area (Å²) < 4.78 is 1.10. The molecule has 1 N–H and O–H groups in total. The molecule has 0 aromatic carbocycles. The predicted molar refractivity (Wildman–Crippen MR) is 95.9 cm³/mol. The highest BCUT2D eigenvalue weighted by atomic mass is 16.2. The highest BCUT2D eigenvalue weighted by Crippen LogP contribution is 2.17. The van der Waals surface area contributed by atoms with Crippen molar-refractivity contribution < 1.29 is 4.79 Å². The molecule has 0 spiro atoms. The summed E-state index contributed by atoms with van der Waals surface area (Å²) in [4.78, 5) is 41.0. The molecule has 1 amide bonds. The first-order valence-corrected chi connectivity index (χ1v) is 8.49. The maximum atomic E-state index is 12.1. The molecule has 2 aromatic heterocycles. The third-order valence-electron chi connectivity index (χ3n) is 3.97. The lowest BCUT2D eigenvalue weighted by molar-refractivity contribution is -0.122. The van der Waals surface area contributed by atoms with Gasteiger partial charge in [0.2, 0.25) is 17.8 Å². The van der Waals surface area contributed by atoms with Gasteiger partial charge >= 0.3 is 0 Å². The van der Waals surface area contributed by atoms with Gasteiger partial charge in [-0.15, -0.1) is 0 Å². The van der Waals surface area contributed by atoms with Crippen molar-refractivity contribution in [1.29, 1.82) is 0 Å².